The standard InChI is InChI=1S/C9H13BrN2OS/c10-4-2-1-3-5-11-9(13)8-6-14-7-12-8/h6-7H,1-5H2,(H,11,13). The van der Waals surface area contributed by atoms with Crippen LogP contribution in [0.5, 0.6) is 0 Å². The van der Waals surface area contributed by atoms with Gasteiger partial charge in [-0.2, -0.15) is 0 Å². The van der Waals surface area contributed by atoms with Gasteiger partial charge in [0.05, 0.1) is 5.51 Å². The summed E-state index contributed by atoms with van der Waals surface area (Å²) in [6.45, 7) is 0.739. The molecule has 78 valence electrons. The Morgan fingerprint density at radius 3 is 3.00 bits per heavy atom. The van der Waals surface area contributed by atoms with Gasteiger partial charge in [-0.25, -0.2) is 4.98 Å². The molecule has 0 unspecified atom stereocenters. The van der Waals surface area contributed by atoms with Gasteiger partial charge in [-0.05, 0) is 12.8 Å². The van der Waals surface area contributed by atoms with E-state index in [1.807, 2.05) is 0 Å². The van der Waals surface area contributed by atoms with Gasteiger partial charge in [0.15, 0.2) is 0 Å². The van der Waals surface area contributed by atoms with Crippen LogP contribution in [0.3, 0.4) is 0 Å². The van der Waals surface area contributed by atoms with Gasteiger partial charge in [0.1, 0.15) is 5.69 Å². The third kappa shape index (κ3) is 4.19. The number of halogens is 1. The molecule has 0 fully saturated rings. The predicted octanol–water partition coefficient (Wildman–Crippen LogP) is 2.44. The molecule has 0 spiro atoms. The average Bonchev–Trinajstić information content (AvgIpc) is 2.70. The van der Waals surface area contributed by atoms with Gasteiger partial charge >= 0.3 is 0 Å². The average molecular weight is 277 g/mol. The monoisotopic (exact) mass is 276 g/mol. The largest absolute Gasteiger partial charge is 0.351 e. The molecule has 0 atom stereocenters. The van der Waals surface area contributed by atoms with Crippen molar-refractivity contribution >= 4 is 33.2 Å². The van der Waals surface area contributed by atoms with Crippen LogP contribution in [0, 0.1) is 0 Å². The summed E-state index contributed by atoms with van der Waals surface area (Å²) < 4.78 is 0. The first-order valence-corrected chi connectivity index (χ1v) is 6.63. The number of nitrogens with one attached hydrogen (secondary N) is 1. The SMILES string of the molecule is O=C(NCCCCCBr)c1cscn1. The predicted molar refractivity (Wildman–Crippen MR) is 62.1 cm³/mol. The zero-order valence-corrected chi connectivity index (χ0v) is 10.2. The molecule has 1 N–H and O–H groups in total. The molecule has 0 aromatic carbocycles. The Kier molecular flexibility index (Phi) is 5.78. The summed E-state index contributed by atoms with van der Waals surface area (Å²) in [6.07, 6.45) is 3.33. The molecule has 1 rings (SSSR count). The van der Waals surface area contributed by atoms with E-state index in [2.05, 4.69) is 26.2 Å². The highest BCUT2D eigenvalue weighted by Gasteiger charge is 2.05. The molecule has 3 nitrogen and oxygen atoms in total. The lowest BCUT2D eigenvalue weighted by Gasteiger charge is -2.01. The van der Waals surface area contributed by atoms with E-state index in [4.69, 9.17) is 0 Å². The van der Waals surface area contributed by atoms with Crippen molar-refractivity contribution in [3.05, 3.63) is 16.6 Å². The van der Waals surface area contributed by atoms with Crippen LogP contribution in [0.15, 0.2) is 10.9 Å². The van der Waals surface area contributed by atoms with Crippen molar-refractivity contribution in [1.29, 1.82) is 0 Å². The van der Waals surface area contributed by atoms with E-state index < -0.39 is 0 Å². The molecule has 0 saturated heterocycles. The summed E-state index contributed by atoms with van der Waals surface area (Å²) >= 11 is 4.80. The first-order chi connectivity index (χ1) is 6.84. The van der Waals surface area contributed by atoms with Crippen LogP contribution in [-0.4, -0.2) is 22.8 Å². The molecule has 5 heteroatoms. The zero-order chi connectivity index (χ0) is 10.2. The molecule has 1 amide bonds. The van der Waals surface area contributed by atoms with Crippen molar-refractivity contribution in [2.45, 2.75) is 19.3 Å². The van der Waals surface area contributed by atoms with E-state index in [1.165, 1.54) is 11.3 Å². The van der Waals surface area contributed by atoms with E-state index in [9.17, 15) is 4.79 Å². The van der Waals surface area contributed by atoms with E-state index in [1.54, 1.807) is 10.9 Å². The molecule has 1 aromatic heterocycles. The molecule has 0 saturated carbocycles. The van der Waals surface area contributed by atoms with Crippen molar-refractivity contribution in [2.75, 3.05) is 11.9 Å². The lowest BCUT2D eigenvalue weighted by atomic mass is 10.2. The van der Waals surface area contributed by atoms with Crippen molar-refractivity contribution in [2.24, 2.45) is 0 Å². The van der Waals surface area contributed by atoms with Gasteiger partial charge in [-0.15, -0.1) is 11.3 Å². The van der Waals surface area contributed by atoms with Crippen molar-refractivity contribution < 1.29 is 4.79 Å². The van der Waals surface area contributed by atoms with Gasteiger partial charge < -0.3 is 5.32 Å². The number of alkyl halides is 1. The molecule has 0 radical (unpaired) electrons. The molecular weight excluding hydrogens is 264 g/mol. The van der Waals surface area contributed by atoms with E-state index in [0.29, 0.717) is 5.69 Å². The lowest BCUT2D eigenvalue weighted by Crippen LogP contribution is -2.24. The first kappa shape index (κ1) is 11.7. The third-order valence-corrected chi connectivity index (χ3v) is 2.91. The fourth-order valence-corrected chi connectivity index (χ4v) is 1.94. The fourth-order valence-electron chi connectivity index (χ4n) is 1.01. The van der Waals surface area contributed by atoms with Crippen molar-refractivity contribution in [3.63, 3.8) is 0 Å². The second-order valence-corrected chi connectivity index (χ2v) is 4.39. The normalized spacial score (nSPS) is 10.1. The van der Waals surface area contributed by atoms with Crippen LogP contribution >= 0.6 is 27.3 Å². The van der Waals surface area contributed by atoms with Crippen LogP contribution in [0.4, 0.5) is 0 Å². The zero-order valence-electron chi connectivity index (χ0n) is 7.83. The number of carbonyl (C=O) groups excluding carboxylic acids is 1. The van der Waals surface area contributed by atoms with Gasteiger partial charge in [-0.1, -0.05) is 22.4 Å². The van der Waals surface area contributed by atoms with Gasteiger partial charge in [0.25, 0.3) is 5.91 Å². The van der Waals surface area contributed by atoms with Gasteiger partial charge in [0, 0.05) is 17.3 Å². The maximum atomic E-state index is 11.4. The Morgan fingerprint density at radius 1 is 1.50 bits per heavy atom. The van der Waals surface area contributed by atoms with Crippen molar-refractivity contribution in [1.82, 2.24) is 10.3 Å². The van der Waals surface area contributed by atoms with Crippen LogP contribution < -0.4 is 5.32 Å². The molecular formula is C9H13BrN2OS. The van der Waals surface area contributed by atoms with Crippen molar-refractivity contribution in [3.8, 4) is 0 Å². The third-order valence-electron chi connectivity index (χ3n) is 1.76. The van der Waals surface area contributed by atoms with Crippen LogP contribution in [0.25, 0.3) is 0 Å². The summed E-state index contributed by atoms with van der Waals surface area (Å²) in [5, 5.41) is 5.63. The Morgan fingerprint density at radius 2 is 2.36 bits per heavy atom. The summed E-state index contributed by atoms with van der Waals surface area (Å²) in [5.41, 5.74) is 2.19. The number of amides is 1. The van der Waals surface area contributed by atoms with E-state index in [0.717, 1.165) is 31.1 Å². The minimum absolute atomic E-state index is 0.0647. The highest BCUT2D eigenvalue weighted by atomic mass is 79.9. The number of aromatic nitrogens is 1. The van der Waals surface area contributed by atoms with Crippen LogP contribution in [-0.2, 0) is 0 Å². The molecule has 1 heterocycles. The van der Waals surface area contributed by atoms with E-state index >= 15 is 0 Å². The van der Waals surface area contributed by atoms with E-state index in [-0.39, 0.29) is 5.91 Å². The quantitative estimate of drug-likeness (QED) is 0.641. The Bertz CT molecular complexity index is 264. The molecule has 14 heavy (non-hydrogen) atoms. The first-order valence-electron chi connectivity index (χ1n) is 4.57. The summed E-state index contributed by atoms with van der Waals surface area (Å²) in [5.74, 6) is -0.0647. The highest BCUT2D eigenvalue weighted by Crippen LogP contribution is 2.01. The number of hydrogen-bond acceptors (Lipinski definition) is 3. The van der Waals surface area contributed by atoms with Gasteiger partial charge in [-0.3, -0.25) is 4.79 Å². The minimum Gasteiger partial charge on any atom is -0.351 e. The number of unbranched alkanes of at least 4 members (excludes halogenated alkanes) is 2. The maximum Gasteiger partial charge on any atom is 0.270 e. The molecule has 1 aromatic rings. The number of rotatable bonds is 6. The Labute approximate surface area is 96.1 Å². The molecule has 0 aliphatic heterocycles. The molecule has 0 aliphatic rings. The molecule has 0 aliphatic carbocycles. The number of carbonyl (C=O) groups is 1. The summed E-state index contributed by atoms with van der Waals surface area (Å²) in [6, 6.07) is 0. The van der Waals surface area contributed by atoms with Crippen LogP contribution in [0.1, 0.15) is 29.8 Å². The second-order valence-electron chi connectivity index (χ2n) is 2.88. The second kappa shape index (κ2) is 6.95. The topological polar surface area (TPSA) is 42.0 Å². The molecule has 0 bridgehead atoms. The minimum atomic E-state index is -0.0647. The number of thiazole rings is 1. The summed E-state index contributed by atoms with van der Waals surface area (Å²) in [7, 11) is 0. The number of hydrogen-bond donors (Lipinski definition) is 1. The Balaban J connectivity index is 2.10. The maximum absolute atomic E-state index is 11.4. The fraction of sp³-hybridized carbons (Fsp3) is 0.556. The number of nitrogens with zero attached hydrogens (tertiary/aromatic N) is 1. The van der Waals surface area contributed by atoms with Gasteiger partial charge in [0.2, 0.25) is 0 Å². The summed E-state index contributed by atoms with van der Waals surface area (Å²) in [4.78, 5) is 15.3. The lowest BCUT2D eigenvalue weighted by molar-refractivity contribution is 0.0948. The smallest absolute Gasteiger partial charge is 0.270 e. The Hall–Kier alpha value is -0.420. The van der Waals surface area contributed by atoms with Crippen LogP contribution in [0.2, 0.25) is 0 Å². The highest BCUT2D eigenvalue weighted by molar-refractivity contribution is 9.09.